The first-order chi connectivity index (χ1) is 22.7. The molecule has 0 fully saturated rings. The highest BCUT2D eigenvalue weighted by atomic mass is 35.5. The van der Waals surface area contributed by atoms with Crippen LogP contribution in [0, 0.1) is 6.92 Å². The van der Waals surface area contributed by atoms with Crippen LogP contribution in [-0.4, -0.2) is 41.3 Å². The molecule has 0 saturated carbocycles. The minimum absolute atomic E-state index is 0.0566. The van der Waals surface area contributed by atoms with Gasteiger partial charge < -0.3 is 20.3 Å². The number of nitrogens with one attached hydrogen (secondary N) is 2. The van der Waals surface area contributed by atoms with E-state index < -0.39 is 11.8 Å². The lowest BCUT2D eigenvalue weighted by molar-refractivity contribution is -0.122. The van der Waals surface area contributed by atoms with Gasteiger partial charge in [-0.05, 0) is 72.7 Å². The summed E-state index contributed by atoms with van der Waals surface area (Å²) in [6.07, 6.45) is 6.25. The highest BCUT2D eigenvalue weighted by molar-refractivity contribution is 6.38. The molecule has 5 rings (SSSR count). The van der Waals surface area contributed by atoms with Gasteiger partial charge in [0.05, 0.1) is 17.3 Å². The maximum Gasteiger partial charge on any atom is 0.251 e. The zero-order chi connectivity index (χ0) is 33.3. The maximum absolute atomic E-state index is 13.0. The smallest absolute Gasteiger partial charge is 0.251 e. The summed E-state index contributed by atoms with van der Waals surface area (Å²) < 4.78 is 6.08. The molecule has 0 saturated heterocycles. The maximum atomic E-state index is 13.0. The highest BCUT2D eigenvalue weighted by Crippen LogP contribution is 2.35. The quantitative estimate of drug-likeness (QED) is 0.155. The molecule has 3 amide bonds. The van der Waals surface area contributed by atoms with Crippen molar-refractivity contribution in [2.75, 3.05) is 18.5 Å². The number of anilines is 1. The van der Waals surface area contributed by atoms with E-state index in [0.29, 0.717) is 39.7 Å². The molecule has 5 aromatic rings. The number of nitrogens with zero attached hydrogens (tertiary/aromatic N) is 3. The lowest BCUT2D eigenvalue weighted by Gasteiger charge is -2.21. The molecule has 2 aromatic heterocycles. The number of carbonyl (C=O) groups excluding carboxylic acids is 3. The number of pyridine rings is 2. The number of benzene rings is 3. The second-order valence-electron chi connectivity index (χ2n) is 10.6. The van der Waals surface area contributed by atoms with Crippen molar-refractivity contribution in [3.63, 3.8) is 0 Å². The lowest BCUT2D eigenvalue weighted by atomic mass is 10.1. The van der Waals surface area contributed by atoms with Crippen molar-refractivity contribution in [3.8, 4) is 5.75 Å². The van der Waals surface area contributed by atoms with Gasteiger partial charge in [-0.2, -0.15) is 0 Å². The van der Waals surface area contributed by atoms with Crippen molar-refractivity contribution in [1.82, 2.24) is 20.6 Å². The third-order valence-corrected chi connectivity index (χ3v) is 8.09. The Labute approximate surface area is 282 Å². The van der Waals surface area contributed by atoms with Gasteiger partial charge in [-0.1, -0.05) is 53.5 Å². The van der Waals surface area contributed by atoms with Gasteiger partial charge in [0.15, 0.2) is 0 Å². The van der Waals surface area contributed by atoms with Crippen molar-refractivity contribution < 1.29 is 19.1 Å². The van der Waals surface area contributed by atoms with Gasteiger partial charge in [0.1, 0.15) is 17.9 Å². The fourth-order valence-corrected chi connectivity index (χ4v) is 5.24. The molecule has 9 nitrogen and oxygen atoms in total. The van der Waals surface area contributed by atoms with Crippen molar-refractivity contribution in [3.05, 3.63) is 135 Å². The van der Waals surface area contributed by atoms with Crippen LogP contribution in [0.25, 0.3) is 17.0 Å². The zero-order valence-corrected chi connectivity index (χ0v) is 27.2. The van der Waals surface area contributed by atoms with Crippen molar-refractivity contribution in [2.45, 2.75) is 20.1 Å². The molecule has 0 aliphatic heterocycles. The molecule has 0 aliphatic carbocycles. The second-order valence-corrected chi connectivity index (χ2v) is 11.4. The molecule has 238 valence electrons. The molecule has 0 radical (unpaired) electrons. The molecule has 0 spiro atoms. The van der Waals surface area contributed by atoms with Crippen LogP contribution in [0.2, 0.25) is 10.0 Å². The molecule has 0 bridgehead atoms. The number of aromatic nitrogens is 2. The number of fused-ring (bicyclic) bond motifs is 1. The monoisotopic (exact) mass is 667 g/mol. The summed E-state index contributed by atoms with van der Waals surface area (Å²) in [6, 6.07) is 23.3. The average molecular weight is 669 g/mol. The van der Waals surface area contributed by atoms with Crippen LogP contribution < -0.4 is 20.3 Å². The van der Waals surface area contributed by atoms with Gasteiger partial charge in [0.2, 0.25) is 11.8 Å². The summed E-state index contributed by atoms with van der Waals surface area (Å²) in [6.45, 7) is 2.09. The van der Waals surface area contributed by atoms with E-state index in [0.717, 1.165) is 22.2 Å². The predicted octanol–water partition coefficient (Wildman–Crippen LogP) is 6.55. The van der Waals surface area contributed by atoms with Crippen LogP contribution in [0.1, 0.15) is 32.7 Å². The molecule has 3 aromatic carbocycles. The van der Waals surface area contributed by atoms with Crippen LogP contribution in [0.3, 0.4) is 0 Å². The Morgan fingerprint density at radius 1 is 0.915 bits per heavy atom. The van der Waals surface area contributed by atoms with Crippen LogP contribution >= 0.6 is 23.2 Å². The van der Waals surface area contributed by atoms with Crippen molar-refractivity contribution in [1.29, 1.82) is 0 Å². The summed E-state index contributed by atoms with van der Waals surface area (Å²) in [4.78, 5) is 47.8. The Morgan fingerprint density at radius 2 is 1.68 bits per heavy atom. The Morgan fingerprint density at radius 3 is 2.45 bits per heavy atom. The fraction of sp³-hybridized carbons (Fsp3) is 0.139. The van der Waals surface area contributed by atoms with Crippen molar-refractivity contribution in [2.24, 2.45) is 0 Å². The largest absolute Gasteiger partial charge is 0.487 e. The Balaban J connectivity index is 1.14. The van der Waals surface area contributed by atoms with E-state index in [-0.39, 0.29) is 24.1 Å². The number of hydrogen-bond acceptors (Lipinski definition) is 6. The molecule has 0 unspecified atom stereocenters. The number of rotatable bonds is 11. The van der Waals surface area contributed by atoms with E-state index >= 15 is 0 Å². The number of aryl methyl sites for hydroxylation is 1. The van der Waals surface area contributed by atoms with Gasteiger partial charge in [-0.15, -0.1) is 0 Å². The number of halogens is 2. The Hall–Kier alpha value is -5.25. The van der Waals surface area contributed by atoms with E-state index in [1.807, 2.05) is 49.4 Å². The first kappa shape index (κ1) is 33.1. The van der Waals surface area contributed by atoms with Gasteiger partial charge >= 0.3 is 0 Å². The lowest BCUT2D eigenvalue weighted by Crippen LogP contribution is -2.37. The molecule has 11 heteroatoms. The SMILES string of the molecule is Cc1ccc2cccc(OCc3c(Cl)ccc(N(C)C(=O)CNC(=O)C=Cc4ccc(C(=O)NCc5ccncc5)cc4)c3Cl)c2n1. The van der Waals surface area contributed by atoms with Gasteiger partial charge in [0.25, 0.3) is 5.91 Å². The molecule has 0 atom stereocenters. The first-order valence-electron chi connectivity index (χ1n) is 14.7. The highest BCUT2D eigenvalue weighted by Gasteiger charge is 2.19. The average Bonchev–Trinajstić information content (AvgIpc) is 3.09. The number of likely N-dealkylation sites (N-methyl/N-ethyl adjacent to an activating group) is 1. The summed E-state index contributed by atoms with van der Waals surface area (Å²) in [5, 5.41) is 7.04. The fourth-order valence-electron chi connectivity index (χ4n) is 4.64. The van der Waals surface area contributed by atoms with Gasteiger partial charge in [-0.25, -0.2) is 4.98 Å². The van der Waals surface area contributed by atoms with E-state index in [9.17, 15) is 14.4 Å². The van der Waals surface area contributed by atoms with Crippen LogP contribution in [0.4, 0.5) is 5.69 Å². The molecular weight excluding hydrogens is 637 g/mol. The second kappa shape index (κ2) is 15.4. The van der Waals surface area contributed by atoms with Crippen LogP contribution in [-0.2, 0) is 22.7 Å². The minimum Gasteiger partial charge on any atom is -0.487 e. The summed E-state index contributed by atoms with van der Waals surface area (Å²) in [5.74, 6) is -0.475. The molecule has 47 heavy (non-hydrogen) atoms. The molecular formula is C36H31Cl2N5O4. The number of para-hydroxylation sites is 1. The first-order valence-corrected chi connectivity index (χ1v) is 15.4. The van der Waals surface area contributed by atoms with Crippen LogP contribution in [0.5, 0.6) is 5.75 Å². The topological polar surface area (TPSA) is 114 Å². The van der Waals surface area contributed by atoms with Gasteiger partial charge in [0, 0.05) is 59.3 Å². The molecule has 0 aliphatic rings. The molecule has 2 N–H and O–H groups in total. The number of hydrogen-bond donors (Lipinski definition) is 2. The van der Waals surface area contributed by atoms with E-state index in [1.165, 1.54) is 11.0 Å². The number of carbonyl (C=O) groups is 3. The summed E-state index contributed by atoms with van der Waals surface area (Å²) in [5.41, 5.74) is 4.67. The zero-order valence-electron chi connectivity index (χ0n) is 25.7. The third-order valence-electron chi connectivity index (χ3n) is 7.31. The number of ether oxygens (including phenoxy) is 1. The molecule has 2 heterocycles. The van der Waals surface area contributed by atoms with Gasteiger partial charge in [-0.3, -0.25) is 19.4 Å². The minimum atomic E-state index is -0.457. The normalized spacial score (nSPS) is 11.0. The summed E-state index contributed by atoms with van der Waals surface area (Å²) in [7, 11) is 1.57. The predicted molar refractivity (Wildman–Crippen MR) is 185 cm³/mol. The standard InChI is InChI=1S/C36H31Cl2N5O4/c1-23-6-10-26-4-3-5-31(35(26)42-23)47-22-28-29(37)13-14-30(34(28)38)43(2)33(45)21-40-32(44)15-9-24-7-11-27(12-8-24)36(46)41-20-25-16-18-39-19-17-25/h3-19H,20-22H2,1-2H3,(H,40,44)(H,41,46). The van der Waals surface area contributed by atoms with E-state index in [2.05, 4.69) is 20.6 Å². The number of amides is 3. The Bertz CT molecular complexity index is 1950. The third kappa shape index (κ3) is 8.52. The Kier molecular flexibility index (Phi) is 10.8. The van der Waals surface area contributed by atoms with Crippen LogP contribution in [0.15, 0.2) is 97.3 Å². The summed E-state index contributed by atoms with van der Waals surface area (Å²) >= 11 is 13.2. The van der Waals surface area contributed by atoms with E-state index in [4.69, 9.17) is 27.9 Å². The van der Waals surface area contributed by atoms with E-state index in [1.54, 1.807) is 61.9 Å². The van der Waals surface area contributed by atoms with Crippen molar-refractivity contribution >= 4 is 63.6 Å².